The van der Waals surface area contributed by atoms with E-state index in [1.165, 1.54) is 63.0 Å². The number of benzene rings is 1. The van der Waals surface area contributed by atoms with Crippen molar-refractivity contribution < 1.29 is 9.47 Å². The van der Waals surface area contributed by atoms with Gasteiger partial charge in [0.1, 0.15) is 12.4 Å². The third kappa shape index (κ3) is 6.16. The van der Waals surface area contributed by atoms with Gasteiger partial charge in [0.2, 0.25) is 0 Å². The minimum absolute atomic E-state index is 0.389. The molecular weight excluding hydrogens is 384 g/mol. The molecule has 1 heterocycles. The number of methoxy groups -OCH3 is 1. The molecule has 3 fully saturated rings. The van der Waals surface area contributed by atoms with E-state index in [-0.39, 0.29) is 0 Å². The highest BCUT2D eigenvalue weighted by atomic mass is 16.5. The molecule has 2 aliphatic carbocycles. The molecule has 0 spiro atoms. The summed E-state index contributed by atoms with van der Waals surface area (Å²) < 4.78 is 11.2. The Morgan fingerprint density at radius 3 is 2.23 bits per heavy atom. The molecule has 174 valence electrons. The lowest BCUT2D eigenvalue weighted by Gasteiger charge is -2.46. The van der Waals surface area contributed by atoms with Crippen molar-refractivity contribution in [2.75, 3.05) is 57.9 Å². The molecule has 4 nitrogen and oxygen atoms in total. The van der Waals surface area contributed by atoms with Crippen molar-refractivity contribution in [3.63, 3.8) is 0 Å². The van der Waals surface area contributed by atoms with Gasteiger partial charge >= 0.3 is 0 Å². The van der Waals surface area contributed by atoms with Crippen molar-refractivity contribution in [1.29, 1.82) is 0 Å². The number of rotatable bonds is 8. The predicted octanol–water partition coefficient (Wildman–Crippen LogP) is 5.56. The Bertz CT molecular complexity index is 717. The Hall–Kier alpha value is -1.26. The van der Waals surface area contributed by atoms with Crippen LogP contribution in [0.25, 0.3) is 0 Å². The van der Waals surface area contributed by atoms with Gasteiger partial charge in [-0.1, -0.05) is 33.8 Å². The van der Waals surface area contributed by atoms with Gasteiger partial charge in [0.15, 0.2) is 0 Å². The van der Waals surface area contributed by atoms with Gasteiger partial charge in [-0.25, -0.2) is 0 Å². The molecule has 3 aliphatic rings. The fourth-order valence-electron chi connectivity index (χ4n) is 6.38. The molecular formula is C27H44N2O2. The first-order valence-corrected chi connectivity index (χ1v) is 12.5. The van der Waals surface area contributed by atoms with Crippen molar-refractivity contribution in [2.45, 2.75) is 65.7 Å². The second kappa shape index (κ2) is 9.31. The first kappa shape index (κ1) is 22.9. The first-order valence-electron chi connectivity index (χ1n) is 12.5. The predicted molar refractivity (Wildman–Crippen MR) is 129 cm³/mol. The fraction of sp³-hybridized carbons (Fsp3) is 0.778. The SMILES string of the molecule is COCCOc1ccc(C2CC(C)(C)CC(C)(C)C2)c(N2CCN(CC3CC3)CC2)c1. The summed E-state index contributed by atoms with van der Waals surface area (Å²) >= 11 is 0. The van der Waals surface area contributed by atoms with Gasteiger partial charge < -0.3 is 14.4 Å². The molecule has 1 aliphatic heterocycles. The number of ether oxygens (including phenoxy) is 2. The normalized spacial score (nSPS) is 24.4. The quantitative estimate of drug-likeness (QED) is 0.506. The summed E-state index contributed by atoms with van der Waals surface area (Å²) in [6.07, 6.45) is 6.74. The third-order valence-electron chi connectivity index (χ3n) is 7.48. The van der Waals surface area contributed by atoms with Gasteiger partial charge in [-0.3, -0.25) is 4.90 Å². The summed E-state index contributed by atoms with van der Waals surface area (Å²) in [6, 6.07) is 6.87. The maximum absolute atomic E-state index is 6.02. The first-order chi connectivity index (χ1) is 14.7. The highest BCUT2D eigenvalue weighted by molar-refractivity contribution is 5.59. The molecule has 0 radical (unpaired) electrons. The van der Waals surface area contributed by atoms with Crippen LogP contribution in [0.2, 0.25) is 0 Å². The average Bonchev–Trinajstić information content (AvgIpc) is 3.50. The molecule has 2 saturated carbocycles. The molecule has 0 atom stereocenters. The number of anilines is 1. The maximum Gasteiger partial charge on any atom is 0.121 e. The molecule has 0 N–H and O–H groups in total. The lowest BCUT2D eigenvalue weighted by molar-refractivity contribution is 0.0969. The molecule has 1 aromatic rings. The van der Waals surface area contributed by atoms with Crippen LogP contribution in [0, 0.1) is 16.7 Å². The zero-order valence-electron chi connectivity index (χ0n) is 20.6. The summed E-state index contributed by atoms with van der Waals surface area (Å²) in [5, 5.41) is 0. The molecule has 0 aromatic heterocycles. The van der Waals surface area contributed by atoms with Crippen molar-refractivity contribution in [3.8, 4) is 5.75 Å². The van der Waals surface area contributed by atoms with Crippen molar-refractivity contribution in [3.05, 3.63) is 23.8 Å². The van der Waals surface area contributed by atoms with Crippen LogP contribution in [-0.2, 0) is 4.74 Å². The summed E-state index contributed by atoms with van der Waals surface area (Å²) in [7, 11) is 1.73. The molecule has 4 heteroatoms. The summed E-state index contributed by atoms with van der Waals surface area (Å²) in [6.45, 7) is 17.0. The Balaban J connectivity index is 1.55. The molecule has 1 saturated heterocycles. The van der Waals surface area contributed by atoms with Gasteiger partial charge in [0, 0.05) is 51.6 Å². The monoisotopic (exact) mass is 428 g/mol. The Kier molecular flexibility index (Phi) is 6.88. The van der Waals surface area contributed by atoms with Crippen LogP contribution in [0.15, 0.2) is 18.2 Å². The van der Waals surface area contributed by atoms with Crippen LogP contribution < -0.4 is 9.64 Å². The molecule has 1 aromatic carbocycles. The molecule has 0 unspecified atom stereocenters. The number of hydrogen-bond donors (Lipinski definition) is 0. The van der Waals surface area contributed by atoms with Gasteiger partial charge in [-0.2, -0.15) is 0 Å². The van der Waals surface area contributed by atoms with Gasteiger partial charge in [-0.15, -0.1) is 0 Å². The van der Waals surface area contributed by atoms with Crippen LogP contribution in [0.1, 0.15) is 71.3 Å². The molecule has 0 amide bonds. The Labute approximate surface area is 190 Å². The van der Waals surface area contributed by atoms with Crippen molar-refractivity contribution in [2.24, 2.45) is 16.7 Å². The van der Waals surface area contributed by atoms with Crippen LogP contribution in [0.5, 0.6) is 5.75 Å². The molecule has 0 bridgehead atoms. The van der Waals surface area contributed by atoms with E-state index in [4.69, 9.17) is 9.47 Å². The molecule has 4 rings (SSSR count). The van der Waals surface area contributed by atoms with E-state index in [0.717, 1.165) is 24.8 Å². The number of nitrogens with zero attached hydrogens (tertiary/aromatic N) is 2. The van der Waals surface area contributed by atoms with Crippen molar-refractivity contribution >= 4 is 5.69 Å². The van der Waals surface area contributed by atoms with E-state index in [2.05, 4.69) is 55.7 Å². The maximum atomic E-state index is 6.02. The van der Waals surface area contributed by atoms with E-state index in [1.54, 1.807) is 7.11 Å². The third-order valence-corrected chi connectivity index (χ3v) is 7.48. The van der Waals surface area contributed by atoms with Gasteiger partial charge in [-0.05, 0) is 66.4 Å². The summed E-state index contributed by atoms with van der Waals surface area (Å²) in [5.41, 5.74) is 3.73. The average molecular weight is 429 g/mol. The summed E-state index contributed by atoms with van der Waals surface area (Å²) in [5.74, 6) is 2.57. The van der Waals surface area contributed by atoms with Crippen LogP contribution in [0.3, 0.4) is 0 Å². The Morgan fingerprint density at radius 2 is 1.61 bits per heavy atom. The summed E-state index contributed by atoms with van der Waals surface area (Å²) in [4.78, 5) is 5.32. The van der Waals surface area contributed by atoms with Gasteiger partial charge in [0.05, 0.1) is 6.61 Å². The minimum atomic E-state index is 0.389. The smallest absolute Gasteiger partial charge is 0.121 e. The standard InChI is InChI=1S/C27H44N2O2/c1-26(2)17-22(18-27(3,4)20-26)24-9-8-23(31-15-14-30-5)16-25(24)29-12-10-28(11-13-29)19-21-6-7-21/h8-9,16,21-22H,6-7,10-15,17-20H2,1-5H3. The fourth-order valence-corrected chi connectivity index (χ4v) is 6.38. The zero-order valence-corrected chi connectivity index (χ0v) is 20.6. The highest BCUT2D eigenvalue weighted by Gasteiger charge is 2.40. The molecule has 31 heavy (non-hydrogen) atoms. The number of piperazine rings is 1. The van der Waals surface area contributed by atoms with Crippen LogP contribution in [-0.4, -0.2) is 57.9 Å². The largest absolute Gasteiger partial charge is 0.491 e. The Morgan fingerprint density at radius 1 is 0.935 bits per heavy atom. The van der Waals surface area contributed by atoms with E-state index >= 15 is 0 Å². The van der Waals surface area contributed by atoms with Crippen LogP contribution >= 0.6 is 0 Å². The van der Waals surface area contributed by atoms with E-state index in [9.17, 15) is 0 Å². The van der Waals surface area contributed by atoms with E-state index in [0.29, 0.717) is 30.0 Å². The lowest BCUT2D eigenvalue weighted by atomic mass is 9.60. The van der Waals surface area contributed by atoms with E-state index in [1.807, 2.05) is 0 Å². The minimum Gasteiger partial charge on any atom is -0.491 e. The lowest BCUT2D eigenvalue weighted by Crippen LogP contribution is -2.47. The van der Waals surface area contributed by atoms with Gasteiger partial charge in [0.25, 0.3) is 0 Å². The van der Waals surface area contributed by atoms with Crippen LogP contribution in [0.4, 0.5) is 5.69 Å². The topological polar surface area (TPSA) is 24.9 Å². The highest BCUT2D eigenvalue weighted by Crippen LogP contribution is 2.53. The second-order valence-electron chi connectivity index (χ2n) is 11.9. The second-order valence-corrected chi connectivity index (χ2v) is 11.9. The van der Waals surface area contributed by atoms with Crippen molar-refractivity contribution in [1.82, 2.24) is 4.90 Å². The number of hydrogen-bond acceptors (Lipinski definition) is 4. The zero-order chi connectivity index (χ0) is 22.1. The van der Waals surface area contributed by atoms with E-state index < -0.39 is 0 Å².